The number of hydrogen-bond acceptors (Lipinski definition) is 3. The van der Waals surface area contributed by atoms with Gasteiger partial charge >= 0.3 is 0 Å². The zero-order valence-corrected chi connectivity index (χ0v) is 9.09. The number of sulfonamides is 1. The second-order valence-electron chi connectivity index (χ2n) is 2.96. The molecule has 0 heterocycles. The standard InChI is InChI=1S/C10H10FNO3S/c11-10-7-9(16(12,14)15)5-4-8(10)3-1-2-6-13/h4-5,7,13H,2,6H2,(H2,12,14,15). The van der Waals surface area contributed by atoms with Gasteiger partial charge < -0.3 is 5.11 Å². The van der Waals surface area contributed by atoms with Gasteiger partial charge in [0.2, 0.25) is 10.0 Å². The molecule has 1 aromatic rings. The summed E-state index contributed by atoms with van der Waals surface area (Å²) in [5, 5.41) is 13.3. The molecular formula is C10H10FNO3S. The molecule has 1 aromatic carbocycles. The van der Waals surface area contributed by atoms with Crippen molar-refractivity contribution >= 4 is 10.0 Å². The Balaban J connectivity index is 3.07. The van der Waals surface area contributed by atoms with Crippen molar-refractivity contribution in [3.8, 4) is 11.8 Å². The van der Waals surface area contributed by atoms with E-state index in [0.717, 1.165) is 6.07 Å². The van der Waals surface area contributed by atoms with Gasteiger partial charge in [-0.1, -0.05) is 11.8 Å². The molecule has 4 nitrogen and oxygen atoms in total. The number of benzene rings is 1. The number of aliphatic hydroxyl groups is 1. The SMILES string of the molecule is NS(=O)(=O)c1ccc(C#CCCO)c(F)c1. The first-order valence-corrected chi connectivity index (χ1v) is 5.92. The molecule has 3 N–H and O–H groups in total. The van der Waals surface area contributed by atoms with Crippen LogP contribution in [0.3, 0.4) is 0 Å². The fourth-order valence-corrected chi connectivity index (χ4v) is 1.51. The first-order chi connectivity index (χ1) is 7.45. The third-order valence-corrected chi connectivity index (χ3v) is 2.64. The Kier molecular flexibility index (Phi) is 4.01. The van der Waals surface area contributed by atoms with Crippen LogP contribution in [0.2, 0.25) is 0 Å². The highest BCUT2D eigenvalue weighted by Crippen LogP contribution is 2.12. The van der Waals surface area contributed by atoms with E-state index in [1.807, 2.05) is 0 Å². The molecule has 0 aliphatic carbocycles. The van der Waals surface area contributed by atoms with Gasteiger partial charge in [0.25, 0.3) is 0 Å². The summed E-state index contributed by atoms with van der Waals surface area (Å²) in [6.07, 6.45) is 0.233. The number of rotatable bonds is 2. The molecule has 0 radical (unpaired) electrons. The van der Waals surface area contributed by atoms with Gasteiger partial charge in [-0.25, -0.2) is 17.9 Å². The van der Waals surface area contributed by atoms with Gasteiger partial charge in [-0.15, -0.1) is 0 Å². The third kappa shape index (κ3) is 3.31. The van der Waals surface area contributed by atoms with Gasteiger partial charge in [0.1, 0.15) is 5.82 Å². The molecule has 0 atom stereocenters. The van der Waals surface area contributed by atoms with Crippen LogP contribution in [0.1, 0.15) is 12.0 Å². The van der Waals surface area contributed by atoms with Crippen molar-refractivity contribution < 1.29 is 17.9 Å². The maximum Gasteiger partial charge on any atom is 0.238 e. The Morgan fingerprint density at radius 3 is 2.62 bits per heavy atom. The summed E-state index contributed by atoms with van der Waals surface area (Å²) in [6, 6.07) is 3.24. The van der Waals surface area contributed by atoms with E-state index in [1.165, 1.54) is 12.1 Å². The Morgan fingerprint density at radius 1 is 1.44 bits per heavy atom. The van der Waals surface area contributed by atoms with Crippen LogP contribution in [0.15, 0.2) is 23.1 Å². The maximum absolute atomic E-state index is 13.3. The number of nitrogens with two attached hydrogens (primary N) is 1. The van der Waals surface area contributed by atoms with Crippen LogP contribution < -0.4 is 5.14 Å². The smallest absolute Gasteiger partial charge is 0.238 e. The zero-order chi connectivity index (χ0) is 12.2. The maximum atomic E-state index is 13.3. The minimum atomic E-state index is -3.90. The van der Waals surface area contributed by atoms with Crippen LogP contribution >= 0.6 is 0 Å². The van der Waals surface area contributed by atoms with Crippen molar-refractivity contribution in [1.29, 1.82) is 0 Å². The molecule has 0 aromatic heterocycles. The van der Waals surface area contributed by atoms with Crippen molar-refractivity contribution in [2.75, 3.05) is 6.61 Å². The summed E-state index contributed by atoms with van der Waals surface area (Å²) in [5.74, 6) is 4.25. The first-order valence-electron chi connectivity index (χ1n) is 4.37. The second kappa shape index (κ2) is 5.07. The molecule has 0 unspecified atom stereocenters. The van der Waals surface area contributed by atoms with E-state index >= 15 is 0 Å². The van der Waals surface area contributed by atoms with Crippen molar-refractivity contribution in [2.45, 2.75) is 11.3 Å². The third-order valence-electron chi connectivity index (χ3n) is 1.73. The van der Waals surface area contributed by atoms with Gasteiger partial charge in [-0.3, -0.25) is 0 Å². The number of hydrogen-bond donors (Lipinski definition) is 2. The largest absolute Gasteiger partial charge is 0.395 e. The second-order valence-corrected chi connectivity index (χ2v) is 4.52. The highest BCUT2D eigenvalue weighted by Gasteiger charge is 2.10. The molecule has 0 aliphatic heterocycles. The average Bonchev–Trinajstić information content (AvgIpc) is 2.19. The van der Waals surface area contributed by atoms with Crippen molar-refractivity contribution in [2.24, 2.45) is 5.14 Å². The van der Waals surface area contributed by atoms with Gasteiger partial charge in [-0.05, 0) is 18.2 Å². The molecule has 86 valence electrons. The van der Waals surface area contributed by atoms with Crippen LogP contribution in [-0.4, -0.2) is 20.1 Å². The average molecular weight is 243 g/mol. The molecular weight excluding hydrogens is 233 g/mol. The fourth-order valence-electron chi connectivity index (χ4n) is 0.988. The lowest BCUT2D eigenvalue weighted by Crippen LogP contribution is -2.12. The van der Waals surface area contributed by atoms with Crippen LogP contribution in [0.25, 0.3) is 0 Å². The molecule has 0 saturated heterocycles. The minimum Gasteiger partial charge on any atom is -0.395 e. The number of primary sulfonamides is 1. The molecule has 1 rings (SSSR count). The van der Waals surface area contributed by atoms with Gasteiger partial charge in [0.15, 0.2) is 0 Å². The molecule has 0 bridgehead atoms. The normalized spacial score (nSPS) is 10.7. The minimum absolute atomic E-state index is 0.0702. The van der Waals surface area contributed by atoms with E-state index in [0.29, 0.717) is 0 Å². The summed E-state index contributed by atoms with van der Waals surface area (Å²) in [5.41, 5.74) is 0.0702. The van der Waals surface area contributed by atoms with E-state index in [4.69, 9.17) is 10.2 Å². The Labute approximate surface area is 93.0 Å². The van der Waals surface area contributed by atoms with Gasteiger partial charge in [-0.2, -0.15) is 0 Å². The van der Waals surface area contributed by atoms with E-state index in [2.05, 4.69) is 11.8 Å². The van der Waals surface area contributed by atoms with E-state index in [1.54, 1.807) is 0 Å². The molecule has 0 amide bonds. The molecule has 0 spiro atoms. The zero-order valence-electron chi connectivity index (χ0n) is 8.27. The predicted molar refractivity (Wildman–Crippen MR) is 56.4 cm³/mol. The lowest BCUT2D eigenvalue weighted by atomic mass is 10.2. The lowest BCUT2D eigenvalue weighted by molar-refractivity contribution is 0.305. The Morgan fingerprint density at radius 2 is 2.12 bits per heavy atom. The van der Waals surface area contributed by atoms with Crippen LogP contribution in [-0.2, 0) is 10.0 Å². The lowest BCUT2D eigenvalue weighted by Gasteiger charge is -1.99. The molecule has 0 saturated carbocycles. The summed E-state index contributed by atoms with van der Waals surface area (Å²) in [6.45, 7) is -0.107. The fraction of sp³-hybridized carbons (Fsp3) is 0.200. The monoisotopic (exact) mass is 243 g/mol. The van der Waals surface area contributed by atoms with Crippen LogP contribution in [0.5, 0.6) is 0 Å². The molecule has 0 aliphatic rings. The summed E-state index contributed by atoms with van der Waals surface area (Å²) in [7, 11) is -3.90. The highest BCUT2D eigenvalue weighted by molar-refractivity contribution is 7.89. The predicted octanol–water partition coefficient (Wildman–Crippen LogP) is 0.207. The first kappa shape index (κ1) is 12.6. The number of halogens is 1. The van der Waals surface area contributed by atoms with Crippen molar-refractivity contribution in [3.05, 3.63) is 29.6 Å². The molecule has 0 fully saturated rings. The van der Waals surface area contributed by atoms with Gasteiger partial charge in [0, 0.05) is 6.42 Å². The Bertz CT molecular complexity index is 543. The van der Waals surface area contributed by atoms with Crippen molar-refractivity contribution in [1.82, 2.24) is 0 Å². The summed E-state index contributed by atoms with van der Waals surface area (Å²) in [4.78, 5) is -0.294. The quantitative estimate of drug-likeness (QED) is 0.728. The highest BCUT2D eigenvalue weighted by atomic mass is 32.2. The van der Waals surface area contributed by atoms with Crippen LogP contribution in [0.4, 0.5) is 4.39 Å². The molecule has 6 heteroatoms. The van der Waals surface area contributed by atoms with E-state index < -0.39 is 15.8 Å². The molecule has 16 heavy (non-hydrogen) atoms. The Hall–Kier alpha value is -1.42. The number of aliphatic hydroxyl groups excluding tert-OH is 1. The topological polar surface area (TPSA) is 80.4 Å². The van der Waals surface area contributed by atoms with Gasteiger partial charge in [0.05, 0.1) is 17.1 Å². The van der Waals surface area contributed by atoms with E-state index in [9.17, 15) is 12.8 Å². The summed E-state index contributed by atoms with van der Waals surface area (Å²) >= 11 is 0. The van der Waals surface area contributed by atoms with Crippen LogP contribution in [0, 0.1) is 17.7 Å². The van der Waals surface area contributed by atoms with E-state index in [-0.39, 0.29) is 23.5 Å². The van der Waals surface area contributed by atoms with Crippen molar-refractivity contribution in [3.63, 3.8) is 0 Å². The summed E-state index contributed by atoms with van der Waals surface area (Å²) < 4.78 is 35.1.